The van der Waals surface area contributed by atoms with Gasteiger partial charge in [-0.1, -0.05) is 6.92 Å². The van der Waals surface area contributed by atoms with Crippen LogP contribution in [0.4, 0.5) is 5.13 Å². The average Bonchev–Trinajstić information content (AvgIpc) is 3.21. The van der Waals surface area contributed by atoms with E-state index in [2.05, 4.69) is 14.3 Å². The van der Waals surface area contributed by atoms with Gasteiger partial charge in [0, 0.05) is 62.9 Å². The molecule has 0 aliphatic carbocycles. The van der Waals surface area contributed by atoms with E-state index < -0.39 is 0 Å². The molecule has 0 radical (unpaired) electrons. The molecule has 1 fully saturated rings. The maximum absolute atomic E-state index is 12.7. The SMILES string of the molecule is CCc1nsc(N2CCN(C(=O)c3cc(C(C)=O)cn3C)CC2)n1. The van der Waals surface area contributed by atoms with E-state index in [4.69, 9.17) is 0 Å². The Morgan fingerprint density at radius 2 is 1.96 bits per heavy atom. The van der Waals surface area contributed by atoms with E-state index in [1.165, 1.54) is 18.5 Å². The van der Waals surface area contributed by atoms with Gasteiger partial charge in [-0.2, -0.15) is 4.37 Å². The zero-order chi connectivity index (χ0) is 17.3. The van der Waals surface area contributed by atoms with E-state index in [1.54, 1.807) is 23.9 Å². The maximum Gasteiger partial charge on any atom is 0.270 e. The van der Waals surface area contributed by atoms with Crippen LogP contribution < -0.4 is 4.90 Å². The zero-order valence-electron chi connectivity index (χ0n) is 14.2. The third kappa shape index (κ3) is 3.19. The lowest BCUT2D eigenvalue weighted by Gasteiger charge is -2.34. The topological polar surface area (TPSA) is 71.3 Å². The van der Waals surface area contributed by atoms with Crippen molar-refractivity contribution in [1.82, 2.24) is 18.8 Å². The first-order valence-electron chi connectivity index (χ1n) is 8.03. The third-order valence-corrected chi connectivity index (χ3v) is 5.06. The molecule has 2 aromatic rings. The maximum atomic E-state index is 12.7. The van der Waals surface area contributed by atoms with E-state index in [1.807, 2.05) is 11.8 Å². The number of aryl methyl sites for hydroxylation is 2. The molecular formula is C16H21N5O2S. The summed E-state index contributed by atoms with van der Waals surface area (Å²) >= 11 is 1.42. The van der Waals surface area contributed by atoms with Crippen molar-refractivity contribution >= 4 is 28.4 Å². The Hall–Kier alpha value is -2.22. The molecule has 3 rings (SSSR count). The highest BCUT2D eigenvalue weighted by Gasteiger charge is 2.26. The van der Waals surface area contributed by atoms with Crippen LogP contribution in [-0.4, -0.2) is 56.7 Å². The molecular weight excluding hydrogens is 326 g/mol. The summed E-state index contributed by atoms with van der Waals surface area (Å²) in [7, 11) is 1.80. The molecule has 1 amide bonds. The van der Waals surface area contributed by atoms with Gasteiger partial charge in [0.1, 0.15) is 11.5 Å². The molecule has 0 bridgehead atoms. The number of ketones is 1. The molecule has 1 aliphatic rings. The number of anilines is 1. The van der Waals surface area contributed by atoms with Crippen molar-refractivity contribution in [2.24, 2.45) is 7.05 Å². The quantitative estimate of drug-likeness (QED) is 0.786. The second kappa shape index (κ2) is 6.72. The molecule has 128 valence electrons. The monoisotopic (exact) mass is 347 g/mol. The Labute approximate surface area is 145 Å². The molecule has 0 unspecified atom stereocenters. The number of carbonyl (C=O) groups is 2. The summed E-state index contributed by atoms with van der Waals surface area (Å²) in [6, 6.07) is 1.68. The van der Waals surface area contributed by atoms with Gasteiger partial charge in [0.15, 0.2) is 5.78 Å². The van der Waals surface area contributed by atoms with Crippen LogP contribution in [0, 0.1) is 0 Å². The molecule has 8 heteroatoms. The van der Waals surface area contributed by atoms with Crippen molar-refractivity contribution in [3.63, 3.8) is 0 Å². The zero-order valence-corrected chi connectivity index (χ0v) is 15.0. The van der Waals surface area contributed by atoms with Crippen molar-refractivity contribution in [1.29, 1.82) is 0 Å². The van der Waals surface area contributed by atoms with E-state index in [0.29, 0.717) is 24.3 Å². The largest absolute Gasteiger partial charge is 0.346 e. The highest BCUT2D eigenvalue weighted by Crippen LogP contribution is 2.20. The Morgan fingerprint density at radius 3 is 2.50 bits per heavy atom. The van der Waals surface area contributed by atoms with Crippen LogP contribution in [0.3, 0.4) is 0 Å². The van der Waals surface area contributed by atoms with Crippen LogP contribution >= 0.6 is 11.5 Å². The van der Waals surface area contributed by atoms with Gasteiger partial charge in [-0.3, -0.25) is 9.59 Å². The second-order valence-corrected chi connectivity index (χ2v) is 6.64. The molecule has 24 heavy (non-hydrogen) atoms. The van der Waals surface area contributed by atoms with Crippen molar-refractivity contribution < 1.29 is 9.59 Å². The van der Waals surface area contributed by atoms with Crippen molar-refractivity contribution in [2.75, 3.05) is 31.1 Å². The highest BCUT2D eigenvalue weighted by atomic mass is 32.1. The molecule has 0 aromatic carbocycles. The number of hydrogen-bond acceptors (Lipinski definition) is 6. The Bertz CT molecular complexity index is 758. The summed E-state index contributed by atoms with van der Waals surface area (Å²) in [6.45, 7) is 6.32. The molecule has 1 saturated heterocycles. The van der Waals surface area contributed by atoms with Gasteiger partial charge >= 0.3 is 0 Å². The molecule has 0 spiro atoms. The number of rotatable bonds is 4. The fraction of sp³-hybridized carbons (Fsp3) is 0.500. The van der Waals surface area contributed by atoms with Crippen molar-refractivity contribution in [2.45, 2.75) is 20.3 Å². The van der Waals surface area contributed by atoms with Gasteiger partial charge in [-0.25, -0.2) is 4.98 Å². The number of nitrogens with zero attached hydrogens (tertiary/aromatic N) is 5. The fourth-order valence-corrected chi connectivity index (χ4v) is 3.55. The lowest BCUT2D eigenvalue weighted by atomic mass is 10.2. The predicted molar refractivity (Wildman–Crippen MR) is 92.8 cm³/mol. The molecule has 0 atom stereocenters. The van der Waals surface area contributed by atoms with Gasteiger partial charge < -0.3 is 14.4 Å². The Morgan fingerprint density at radius 1 is 1.25 bits per heavy atom. The van der Waals surface area contributed by atoms with Crippen LogP contribution in [-0.2, 0) is 13.5 Å². The molecule has 0 N–H and O–H groups in total. The van der Waals surface area contributed by atoms with Crippen LogP contribution in [0.2, 0.25) is 0 Å². The molecule has 7 nitrogen and oxygen atoms in total. The predicted octanol–water partition coefficient (Wildman–Crippen LogP) is 1.60. The van der Waals surface area contributed by atoms with Crippen molar-refractivity contribution in [3.8, 4) is 0 Å². The number of amides is 1. The Kier molecular flexibility index (Phi) is 4.66. The second-order valence-electron chi connectivity index (χ2n) is 5.91. The third-order valence-electron chi connectivity index (χ3n) is 4.24. The first-order valence-corrected chi connectivity index (χ1v) is 8.81. The van der Waals surface area contributed by atoms with E-state index in [-0.39, 0.29) is 11.7 Å². The first-order chi connectivity index (χ1) is 11.5. The van der Waals surface area contributed by atoms with Gasteiger partial charge in [0.25, 0.3) is 5.91 Å². The summed E-state index contributed by atoms with van der Waals surface area (Å²) in [5.74, 6) is 0.808. The lowest BCUT2D eigenvalue weighted by molar-refractivity contribution is 0.0737. The van der Waals surface area contributed by atoms with Gasteiger partial charge in [-0.05, 0) is 13.0 Å². The van der Waals surface area contributed by atoms with Crippen molar-refractivity contribution in [3.05, 3.63) is 29.3 Å². The highest BCUT2D eigenvalue weighted by molar-refractivity contribution is 7.09. The number of hydrogen-bond donors (Lipinski definition) is 0. The minimum Gasteiger partial charge on any atom is -0.346 e. The molecule has 0 saturated carbocycles. The summed E-state index contributed by atoms with van der Waals surface area (Å²) in [5, 5.41) is 0.927. The number of Topliss-reactive ketones (excluding diaryl/α,β-unsaturated/α-hetero) is 1. The minimum atomic E-state index is -0.0313. The van der Waals surface area contributed by atoms with Gasteiger partial charge in [-0.15, -0.1) is 0 Å². The number of piperazine rings is 1. The number of aromatic nitrogens is 3. The smallest absolute Gasteiger partial charge is 0.270 e. The van der Waals surface area contributed by atoms with E-state index >= 15 is 0 Å². The van der Waals surface area contributed by atoms with E-state index in [0.717, 1.165) is 30.5 Å². The summed E-state index contributed by atoms with van der Waals surface area (Å²) in [6.07, 6.45) is 2.54. The summed E-state index contributed by atoms with van der Waals surface area (Å²) in [4.78, 5) is 32.7. The van der Waals surface area contributed by atoms with Gasteiger partial charge in [0.2, 0.25) is 5.13 Å². The average molecular weight is 347 g/mol. The first kappa shape index (κ1) is 16.6. The normalized spacial score (nSPS) is 15.0. The fourth-order valence-electron chi connectivity index (χ4n) is 2.75. The van der Waals surface area contributed by atoms with Crippen LogP contribution in [0.15, 0.2) is 12.3 Å². The number of carbonyl (C=O) groups excluding carboxylic acids is 2. The minimum absolute atomic E-state index is 0.0301. The lowest BCUT2D eigenvalue weighted by Crippen LogP contribution is -2.49. The summed E-state index contributed by atoms with van der Waals surface area (Å²) < 4.78 is 6.04. The molecule has 2 aromatic heterocycles. The standard InChI is InChI=1S/C16H21N5O2S/c1-4-14-17-16(24-18-14)21-7-5-20(6-8-21)15(23)13-9-12(11(2)22)10-19(13)3/h9-10H,4-8H2,1-3H3. The van der Waals surface area contributed by atoms with E-state index in [9.17, 15) is 9.59 Å². The Balaban J connectivity index is 1.66. The van der Waals surface area contributed by atoms with Crippen LogP contribution in [0.5, 0.6) is 0 Å². The molecule has 3 heterocycles. The summed E-state index contributed by atoms with van der Waals surface area (Å²) in [5.41, 5.74) is 1.12. The van der Waals surface area contributed by atoms with Gasteiger partial charge in [0.05, 0.1) is 0 Å². The molecule has 1 aliphatic heterocycles. The van der Waals surface area contributed by atoms with Crippen LogP contribution in [0.25, 0.3) is 0 Å². The van der Waals surface area contributed by atoms with Crippen LogP contribution in [0.1, 0.15) is 40.5 Å².